The first-order chi connectivity index (χ1) is 8.87. The van der Waals surface area contributed by atoms with E-state index in [9.17, 15) is 9.59 Å². The summed E-state index contributed by atoms with van der Waals surface area (Å²) in [6.45, 7) is 8.08. The molecule has 0 radical (unpaired) electrons. The van der Waals surface area contributed by atoms with E-state index in [0.29, 0.717) is 12.4 Å². The van der Waals surface area contributed by atoms with Crippen molar-refractivity contribution in [3.05, 3.63) is 12.2 Å². The molecule has 0 aromatic carbocycles. The largest absolute Gasteiger partial charge is 0.343 e. The number of hydrogen-bond donors (Lipinski definition) is 1. The molecule has 0 saturated carbocycles. The van der Waals surface area contributed by atoms with Crippen LogP contribution in [0.4, 0.5) is 0 Å². The van der Waals surface area contributed by atoms with Gasteiger partial charge in [0, 0.05) is 6.54 Å². The standard InChI is InChI=1S/C12H19N5O2/c1-5-17-9(13-7-14-17)6-16-10(18)8(2)15-11(19)12(16,3)4/h7-8H,5-6H2,1-4H3,(H,15,19). The Morgan fingerprint density at radius 2 is 2.11 bits per heavy atom. The zero-order valence-corrected chi connectivity index (χ0v) is 11.7. The van der Waals surface area contributed by atoms with Gasteiger partial charge in [0.15, 0.2) is 0 Å². The molecule has 1 aromatic rings. The van der Waals surface area contributed by atoms with Gasteiger partial charge in [-0.3, -0.25) is 9.59 Å². The summed E-state index contributed by atoms with van der Waals surface area (Å²) in [4.78, 5) is 30.0. The van der Waals surface area contributed by atoms with Gasteiger partial charge in [0.1, 0.15) is 23.7 Å². The molecule has 1 atom stereocenters. The summed E-state index contributed by atoms with van der Waals surface area (Å²) >= 11 is 0. The molecule has 7 nitrogen and oxygen atoms in total. The topological polar surface area (TPSA) is 80.1 Å². The molecule has 7 heteroatoms. The first-order valence-electron chi connectivity index (χ1n) is 6.37. The van der Waals surface area contributed by atoms with Gasteiger partial charge in [-0.1, -0.05) is 0 Å². The van der Waals surface area contributed by atoms with Gasteiger partial charge in [0.05, 0.1) is 6.54 Å². The second-order valence-electron chi connectivity index (χ2n) is 5.17. The van der Waals surface area contributed by atoms with Crippen LogP contribution < -0.4 is 5.32 Å². The third-order valence-electron chi connectivity index (χ3n) is 3.51. The highest BCUT2D eigenvalue weighted by Gasteiger charge is 2.45. The summed E-state index contributed by atoms with van der Waals surface area (Å²) < 4.78 is 1.72. The molecule has 1 aliphatic rings. The number of carbonyl (C=O) groups excluding carboxylic acids is 2. The average Bonchev–Trinajstić information content (AvgIpc) is 2.80. The Kier molecular flexibility index (Phi) is 3.30. The molecule has 1 unspecified atom stereocenters. The highest BCUT2D eigenvalue weighted by molar-refractivity contribution is 5.98. The predicted molar refractivity (Wildman–Crippen MR) is 67.9 cm³/mol. The second-order valence-corrected chi connectivity index (χ2v) is 5.17. The lowest BCUT2D eigenvalue weighted by molar-refractivity contribution is -0.155. The number of amides is 2. The van der Waals surface area contributed by atoms with Gasteiger partial charge in [-0.05, 0) is 27.7 Å². The maximum absolute atomic E-state index is 12.3. The Hall–Kier alpha value is -1.92. The summed E-state index contributed by atoms with van der Waals surface area (Å²) in [5.74, 6) is 0.434. The Labute approximate surface area is 112 Å². The molecule has 0 aliphatic carbocycles. The van der Waals surface area contributed by atoms with E-state index in [1.165, 1.54) is 6.33 Å². The Bertz CT molecular complexity index is 508. The van der Waals surface area contributed by atoms with Crippen molar-refractivity contribution in [3.8, 4) is 0 Å². The molecule has 104 valence electrons. The third kappa shape index (κ3) is 2.20. The van der Waals surface area contributed by atoms with Crippen molar-refractivity contribution in [1.29, 1.82) is 0 Å². The highest BCUT2D eigenvalue weighted by atomic mass is 16.2. The van der Waals surface area contributed by atoms with Crippen LogP contribution in [0.2, 0.25) is 0 Å². The minimum Gasteiger partial charge on any atom is -0.343 e. The van der Waals surface area contributed by atoms with E-state index < -0.39 is 11.6 Å². The summed E-state index contributed by atoms with van der Waals surface area (Å²) in [7, 11) is 0. The van der Waals surface area contributed by atoms with Gasteiger partial charge < -0.3 is 10.2 Å². The number of piperazine rings is 1. The lowest BCUT2D eigenvalue weighted by atomic mass is 9.96. The molecule has 1 saturated heterocycles. The van der Waals surface area contributed by atoms with E-state index in [4.69, 9.17) is 0 Å². The van der Waals surface area contributed by atoms with Crippen LogP contribution in [0.1, 0.15) is 33.5 Å². The second kappa shape index (κ2) is 4.64. The van der Waals surface area contributed by atoms with Gasteiger partial charge in [0.2, 0.25) is 11.8 Å². The molecule has 0 spiro atoms. The first kappa shape index (κ1) is 13.5. The third-order valence-corrected chi connectivity index (χ3v) is 3.51. The minimum atomic E-state index is -0.881. The van der Waals surface area contributed by atoms with Crippen molar-refractivity contribution in [3.63, 3.8) is 0 Å². The van der Waals surface area contributed by atoms with Crippen LogP contribution in [0.25, 0.3) is 0 Å². The fraction of sp³-hybridized carbons (Fsp3) is 0.667. The Morgan fingerprint density at radius 1 is 1.42 bits per heavy atom. The van der Waals surface area contributed by atoms with Crippen LogP contribution in [0, 0.1) is 0 Å². The Balaban J connectivity index is 2.30. The number of carbonyl (C=O) groups is 2. The van der Waals surface area contributed by atoms with Crippen LogP contribution in [-0.4, -0.2) is 43.1 Å². The van der Waals surface area contributed by atoms with Crippen molar-refractivity contribution in [2.75, 3.05) is 0 Å². The summed E-state index contributed by atoms with van der Waals surface area (Å²) in [5, 5.41) is 6.76. The molecule has 2 amide bonds. The maximum Gasteiger partial charge on any atom is 0.246 e. The number of nitrogens with one attached hydrogen (secondary N) is 1. The van der Waals surface area contributed by atoms with Crippen molar-refractivity contribution >= 4 is 11.8 Å². The van der Waals surface area contributed by atoms with Gasteiger partial charge >= 0.3 is 0 Å². The van der Waals surface area contributed by atoms with Crippen LogP contribution in [-0.2, 0) is 22.7 Å². The number of aryl methyl sites for hydroxylation is 1. The molecular weight excluding hydrogens is 246 g/mol. The van der Waals surface area contributed by atoms with E-state index >= 15 is 0 Å². The average molecular weight is 265 g/mol. The molecule has 1 N–H and O–H groups in total. The number of nitrogens with zero attached hydrogens (tertiary/aromatic N) is 4. The summed E-state index contributed by atoms with van der Waals surface area (Å²) in [6.07, 6.45) is 1.46. The lowest BCUT2D eigenvalue weighted by Gasteiger charge is -2.43. The lowest BCUT2D eigenvalue weighted by Crippen LogP contribution is -2.67. The fourth-order valence-corrected chi connectivity index (χ4v) is 2.16. The molecule has 0 bridgehead atoms. The van der Waals surface area contributed by atoms with E-state index in [2.05, 4.69) is 15.4 Å². The Morgan fingerprint density at radius 3 is 2.74 bits per heavy atom. The van der Waals surface area contributed by atoms with Crippen molar-refractivity contribution in [1.82, 2.24) is 25.0 Å². The van der Waals surface area contributed by atoms with Crippen molar-refractivity contribution < 1.29 is 9.59 Å². The quantitative estimate of drug-likeness (QED) is 0.829. The maximum atomic E-state index is 12.3. The summed E-state index contributed by atoms with van der Waals surface area (Å²) in [5.41, 5.74) is -0.881. The van der Waals surface area contributed by atoms with E-state index in [0.717, 1.165) is 0 Å². The highest BCUT2D eigenvalue weighted by Crippen LogP contribution is 2.22. The van der Waals surface area contributed by atoms with Crippen LogP contribution >= 0.6 is 0 Å². The fourth-order valence-electron chi connectivity index (χ4n) is 2.16. The van der Waals surface area contributed by atoms with Crippen LogP contribution in [0.5, 0.6) is 0 Å². The molecule has 1 aromatic heterocycles. The van der Waals surface area contributed by atoms with Gasteiger partial charge in [-0.25, -0.2) is 9.67 Å². The van der Waals surface area contributed by atoms with Crippen LogP contribution in [0.3, 0.4) is 0 Å². The number of hydrogen-bond acceptors (Lipinski definition) is 4. The van der Waals surface area contributed by atoms with Crippen molar-refractivity contribution in [2.24, 2.45) is 0 Å². The molecule has 2 rings (SSSR count). The SMILES string of the molecule is CCn1ncnc1CN1C(=O)C(C)NC(=O)C1(C)C. The van der Waals surface area contributed by atoms with E-state index in [-0.39, 0.29) is 18.4 Å². The first-order valence-corrected chi connectivity index (χ1v) is 6.37. The molecule has 1 aliphatic heterocycles. The van der Waals surface area contributed by atoms with E-state index in [1.807, 2.05) is 6.92 Å². The zero-order chi connectivity index (χ0) is 14.2. The van der Waals surface area contributed by atoms with E-state index in [1.54, 1.807) is 30.4 Å². The predicted octanol–water partition coefficient (Wildman–Crippen LogP) is -0.0765. The minimum absolute atomic E-state index is 0.102. The van der Waals surface area contributed by atoms with Crippen molar-refractivity contribution in [2.45, 2.75) is 52.4 Å². The van der Waals surface area contributed by atoms with Gasteiger partial charge in [-0.15, -0.1) is 0 Å². The molecule has 2 heterocycles. The van der Waals surface area contributed by atoms with Gasteiger partial charge in [-0.2, -0.15) is 5.10 Å². The number of rotatable bonds is 3. The van der Waals surface area contributed by atoms with Gasteiger partial charge in [0.25, 0.3) is 0 Å². The number of aromatic nitrogens is 3. The monoisotopic (exact) mass is 265 g/mol. The summed E-state index contributed by atoms with van der Waals surface area (Å²) in [6, 6.07) is -0.501. The van der Waals surface area contributed by atoms with Crippen LogP contribution in [0.15, 0.2) is 6.33 Å². The zero-order valence-electron chi connectivity index (χ0n) is 11.7. The molecule has 19 heavy (non-hydrogen) atoms. The molecular formula is C12H19N5O2. The smallest absolute Gasteiger partial charge is 0.246 e. The normalized spacial score (nSPS) is 22.5. The molecule has 1 fully saturated rings.